The van der Waals surface area contributed by atoms with Crippen molar-refractivity contribution in [2.45, 2.75) is 58.0 Å². The standard InChI is InChI=1S/C16H26N2O2/c1-13(16(19)18-12-15-8-5-11-20-15)17-10-9-14-6-3-2-4-7-14/h5,8,11,13-14,17H,2-4,6-7,9-10,12H2,1H3,(H,18,19). The molecule has 1 aliphatic rings. The van der Waals surface area contributed by atoms with E-state index < -0.39 is 0 Å². The minimum absolute atomic E-state index is 0.0324. The Balaban J connectivity index is 1.58. The molecule has 0 aromatic carbocycles. The highest BCUT2D eigenvalue weighted by atomic mass is 16.3. The van der Waals surface area contributed by atoms with Gasteiger partial charge >= 0.3 is 0 Å². The molecule has 0 spiro atoms. The summed E-state index contributed by atoms with van der Waals surface area (Å²) in [5, 5.41) is 6.20. The summed E-state index contributed by atoms with van der Waals surface area (Å²) in [4.78, 5) is 11.9. The van der Waals surface area contributed by atoms with Crippen LogP contribution in [-0.4, -0.2) is 18.5 Å². The Morgan fingerprint density at radius 3 is 2.90 bits per heavy atom. The SMILES string of the molecule is CC(NCCC1CCCCC1)C(=O)NCc1ccco1. The molecular formula is C16H26N2O2. The van der Waals surface area contributed by atoms with E-state index in [1.165, 1.54) is 38.5 Å². The number of rotatable bonds is 7. The topological polar surface area (TPSA) is 54.3 Å². The lowest BCUT2D eigenvalue weighted by Crippen LogP contribution is -2.42. The first-order valence-corrected chi connectivity index (χ1v) is 7.79. The molecule has 0 radical (unpaired) electrons. The molecule has 2 N–H and O–H groups in total. The van der Waals surface area contributed by atoms with E-state index in [0.717, 1.165) is 18.2 Å². The molecule has 4 nitrogen and oxygen atoms in total. The molecule has 1 atom stereocenters. The van der Waals surface area contributed by atoms with Crippen molar-refractivity contribution in [3.63, 3.8) is 0 Å². The van der Waals surface area contributed by atoms with Crippen LogP contribution in [0.3, 0.4) is 0 Å². The number of amides is 1. The van der Waals surface area contributed by atoms with E-state index in [1.807, 2.05) is 19.1 Å². The minimum Gasteiger partial charge on any atom is -0.467 e. The number of hydrogen-bond acceptors (Lipinski definition) is 3. The Bertz CT molecular complexity index is 383. The lowest BCUT2D eigenvalue weighted by atomic mass is 9.87. The Morgan fingerprint density at radius 2 is 2.20 bits per heavy atom. The van der Waals surface area contributed by atoms with Crippen molar-refractivity contribution < 1.29 is 9.21 Å². The minimum atomic E-state index is -0.145. The molecule has 1 fully saturated rings. The fourth-order valence-electron chi connectivity index (χ4n) is 2.81. The molecule has 0 aliphatic heterocycles. The lowest BCUT2D eigenvalue weighted by molar-refractivity contribution is -0.123. The van der Waals surface area contributed by atoms with Crippen LogP contribution in [0.15, 0.2) is 22.8 Å². The van der Waals surface area contributed by atoms with Gasteiger partial charge in [0, 0.05) is 0 Å². The van der Waals surface area contributed by atoms with Crippen LogP contribution in [-0.2, 0) is 11.3 Å². The van der Waals surface area contributed by atoms with Gasteiger partial charge in [-0.2, -0.15) is 0 Å². The lowest BCUT2D eigenvalue weighted by Gasteiger charge is -2.22. The monoisotopic (exact) mass is 278 g/mol. The van der Waals surface area contributed by atoms with Crippen LogP contribution in [0.25, 0.3) is 0 Å². The molecular weight excluding hydrogens is 252 g/mol. The second-order valence-corrected chi connectivity index (χ2v) is 5.77. The second kappa shape index (κ2) is 8.10. The fraction of sp³-hybridized carbons (Fsp3) is 0.688. The fourth-order valence-corrected chi connectivity index (χ4v) is 2.81. The van der Waals surface area contributed by atoms with E-state index in [1.54, 1.807) is 6.26 Å². The molecule has 1 aromatic heterocycles. The van der Waals surface area contributed by atoms with Crippen LogP contribution >= 0.6 is 0 Å². The Morgan fingerprint density at radius 1 is 1.40 bits per heavy atom. The molecule has 1 saturated carbocycles. The highest BCUT2D eigenvalue weighted by Gasteiger charge is 2.15. The predicted molar refractivity (Wildman–Crippen MR) is 79.2 cm³/mol. The van der Waals surface area contributed by atoms with E-state index in [0.29, 0.717) is 6.54 Å². The summed E-state index contributed by atoms with van der Waals surface area (Å²) < 4.78 is 5.19. The normalized spacial score (nSPS) is 17.9. The van der Waals surface area contributed by atoms with E-state index in [2.05, 4.69) is 10.6 Å². The zero-order valence-corrected chi connectivity index (χ0v) is 12.4. The van der Waals surface area contributed by atoms with Gasteiger partial charge in [0.05, 0.1) is 18.8 Å². The van der Waals surface area contributed by atoms with Crippen molar-refractivity contribution >= 4 is 5.91 Å². The van der Waals surface area contributed by atoms with Gasteiger partial charge in [-0.3, -0.25) is 4.79 Å². The van der Waals surface area contributed by atoms with Crippen molar-refractivity contribution in [1.82, 2.24) is 10.6 Å². The van der Waals surface area contributed by atoms with E-state index in [9.17, 15) is 4.79 Å². The molecule has 1 aromatic rings. The van der Waals surface area contributed by atoms with Gasteiger partial charge in [0.15, 0.2) is 0 Å². The quantitative estimate of drug-likeness (QED) is 0.806. The van der Waals surface area contributed by atoms with Gasteiger partial charge in [0.1, 0.15) is 5.76 Å². The third-order valence-corrected chi connectivity index (χ3v) is 4.14. The molecule has 1 unspecified atom stereocenters. The molecule has 0 saturated heterocycles. The summed E-state index contributed by atoms with van der Waals surface area (Å²) in [6.45, 7) is 3.30. The number of hydrogen-bond donors (Lipinski definition) is 2. The summed E-state index contributed by atoms with van der Waals surface area (Å²) >= 11 is 0. The van der Waals surface area contributed by atoms with Crippen molar-refractivity contribution in [3.8, 4) is 0 Å². The largest absolute Gasteiger partial charge is 0.467 e. The number of furan rings is 1. The summed E-state index contributed by atoms with van der Waals surface area (Å²) in [5.41, 5.74) is 0. The summed E-state index contributed by atoms with van der Waals surface area (Å²) in [5.74, 6) is 1.67. The third-order valence-electron chi connectivity index (χ3n) is 4.14. The Kier molecular flexibility index (Phi) is 6.12. The van der Waals surface area contributed by atoms with Crippen molar-refractivity contribution in [2.75, 3.05) is 6.54 Å². The first kappa shape index (κ1) is 15.1. The van der Waals surface area contributed by atoms with E-state index in [-0.39, 0.29) is 11.9 Å². The first-order chi connectivity index (χ1) is 9.75. The van der Waals surface area contributed by atoms with Crippen molar-refractivity contribution in [2.24, 2.45) is 5.92 Å². The van der Waals surface area contributed by atoms with Crippen LogP contribution < -0.4 is 10.6 Å². The maximum atomic E-state index is 11.9. The first-order valence-electron chi connectivity index (χ1n) is 7.79. The van der Waals surface area contributed by atoms with Gasteiger partial charge in [0.2, 0.25) is 5.91 Å². The molecule has 20 heavy (non-hydrogen) atoms. The Hall–Kier alpha value is -1.29. The summed E-state index contributed by atoms with van der Waals surface area (Å²) in [7, 11) is 0. The second-order valence-electron chi connectivity index (χ2n) is 5.77. The summed E-state index contributed by atoms with van der Waals surface area (Å²) in [6.07, 6.45) is 9.69. The number of carbonyl (C=O) groups excluding carboxylic acids is 1. The average Bonchev–Trinajstić information content (AvgIpc) is 2.99. The zero-order valence-electron chi connectivity index (χ0n) is 12.4. The molecule has 1 heterocycles. The van der Waals surface area contributed by atoms with Crippen LogP contribution in [0.1, 0.15) is 51.2 Å². The number of nitrogens with one attached hydrogen (secondary N) is 2. The van der Waals surface area contributed by atoms with Gasteiger partial charge in [0.25, 0.3) is 0 Å². The molecule has 0 bridgehead atoms. The maximum absolute atomic E-state index is 11.9. The predicted octanol–water partition coefficient (Wildman–Crippen LogP) is 2.84. The number of carbonyl (C=O) groups is 1. The third kappa shape index (κ3) is 5.00. The van der Waals surface area contributed by atoms with Crippen LogP contribution in [0, 0.1) is 5.92 Å². The molecule has 1 aliphatic carbocycles. The van der Waals surface area contributed by atoms with Gasteiger partial charge in [-0.05, 0) is 37.9 Å². The van der Waals surface area contributed by atoms with Crippen LogP contribution in [0.5, 0.6) is 0 Å². The molecule has 4 heteroatoms. The highest BCUT2D eigenvalue weighted by molar-refractivity contribution is 5.81. The van der Waals surface area contributed by atoms with Crippen LogP contribution in [0.4, 0.5) is 0 Å². The van der Waals surface area contributed by atoms with Gasteiger partial charge < -0.3 is 15.1 Å². The van der Waals surface area contributed by atoms with Crippen molar-refractivity contribution in [1.29, 1.82) is 0 Å². The zero-order chi connectivity index (χ0) is 14.2. The van der Waals surface area contributed by atoms with E-state index in [4.69, 9.17) is 4.42 Å². The average molecular weight is 278 g/mol. The van der Waals surface area contributed by atoms with Gasteiger partial charge in [-0.15, -0.1) is 0 Å². The highest BCUT2D eigenvalue weighted by Crippen LogP contribution is 2.25. The summed E-state index contributed by atoms with van der Waals surface area (Å²) in [6, 6.07) is 3.54. The van der Waals surface area contributed by atoms with Gasteiger partial charge in [-0.1, -0.05) is 32.1 Å². The van der Waals surface area contributed by atoms with Gasteiger partial charge in [-0.25, -0.2) is 0 Å². The Labute approximate surface area is 121 Å². The molecule has 1 amide bonds. The van der Waals surface area contributed by atoms with E-state index >= 15 is 0 Å². The smallest absolute Gasteiger partial charge is 0.237 e. The maximum Gasteiger partial charge on any atom is 0.237 e. The molecule has 112 valence electrons. The van der Waals surface area contributed by atoms with Crippen LogP contribution in [0.2, 0.25) is 0 Å². The molecule has 2 rings (SSSR count). The van der Waals surface area contributed by atoms with Crippen molar-refractivity contribution in [3.05, 3.63) is 24.2 Å².